The molecule has 2 heterocycles. The molecule has 0 saturated carbocycles. The predicted octanol–water partition coefficient (Wildman–Crippen LogP) is 0.563. The summed E-state index contributed by atoms with van der Waals surface area (Å²) in [6, 6.07) is -0.655. The summed E-state index contributed by atoms with van der Waals surface area (Å²) in [7, 11) is 0. The van der Waals surface area contributed by atoms with Gasteiger partial charge in [-0.3, -0.25) is 4.79 Å². The minimum absolute atomic E-state index is 0.0268. The standard InChI is InChI=1S/C12H17N3O3/c1-3-14-7-5-13-10(11(14)16)15-6-4-8(2)9(15)12(17)18/h5,7-9H,3-4,6H2,1-2H3,(H,17,18). The molecule has 0 spiro atoms. The van der Waals surface area contributed by atoms with Crippen LogP contribution < -0.4 is 10.5 Å². The molecule has 2 unspecified atom stereocenters. The SMILES string of the molecule is CCn1ccnc(N2CCC(C)C2C(=O)O)c1=O. The molecule has 1 aromatic rings. The number of carbonyl (C=O) groups is 1. The second kappa shape index (κ2) is 4.80. The summed E-state index contributed by atoms with van der Waals surface area (Å²) in [5.41, 5.74) is -0.222. The highest BCUT2D eigenvalue weighted by molar-refractivity contribution is 5.78. The van der Waals surface area contributed by atoms with Gasteiger partial charge in [-0.1, -0.05) is 6.92 Å². The van der Waals surface area contributed by atoms with Crippen molar-refractivity contribution in [2.75, 3.05) is 11.4 Å². The smallest absolute Gasteiger partial charge is 0.326 e. The second-order valence-electron chi connectivity index (χ2n) is 4.58. The maximum absolute atomic E-state index is 12.1. The maximum Gasteiger partial charge on any atom is 0.326 e. The Balaban J connectivity index is 2.43. The number of aromatic nitrogens is 2. The number of anilines is 1. The van der Waals surface area contributed by atoms with E-state index in [2.05, 4.69) is 4.98 Å². The third-order valence-electron chi connectivity index (χ3n) is 3.46. The van der Waals surface area contributed by atoms with Gasteiger partial charge in [0.15, 0.2) is 5.82 Å². The highest BCUT2D eigenvalue weighted by atomic mass is 16.4. The van der Waals surface area contributed by atoms with Gasteiger partial charge in [0.25, 0.3) is 5.56 Å². The Bertz CT molecular complexity index is 512. The van der Waals surface area contributed by atoms with E-state index in [4.69, 9.17) is 0 Å². The molecule has 0 radical (unpaired) electrons. The van der Waals surface area contributed by atoms with E-state index in [1.165, 1.54) is 4.57 Å². The van der Waals surface area contributed by atoms with Gasteiger partial charge < -0.3 is 14.6 Å². The number of rotatable bonds is 3. The third-order valence-corrected chi connectivity index (χ3v) is 3.46. The lowest BCUT2D eigenvalue weighted by Gasteiger charge is -2.23. The van der Waals surface area contributed by atoms with Crippen molar-refractivity contribution in [3.05, 3.63) is 22.7 Å². The zero-order valence-corrected chi connectivity index (χ0v) is 10.5. The predicted molar refractivity (Wildman–Crippen MR) is 66.7 cm³/mol. The molecule has 1 aliphatic heterocycles. The van der Waals surface area contributed by atoms with Crippen molar-refractivity contribution >= 4 is 11.8 Å². The van der Waals surface area contributed by atoms with E-state index in [0.29, 0.717) is 13.1 Å². The summed E-state index contributed by atoms with van der Waals surface area (Å²) < 4.78 is 1.53. The summed E-state index contributed by atoms with van der Waals surface area (Å²) >= 11 is 0. The second-order valence-corrected chi connectivity index (χ2v) is 4.58. The molecule has 0 amide bonds. The molecule has 0 aliphatic carbocycles. The minimum atomic E-state index is -0.895. The lowest BCUT2D eigenvalue weighted by Crippen LogP contribution is -2.43. The van der Waals surface area contributed by atoms with E-state index >= 15 is 0 Å². The van der Waals surface area contributed by atoms with Gasteiger partial charge in [0.05, 0.1) is 0 Å². The zero-order chi connectivity index (χ0) is 13.3. The fourth-order valence-electron chi connectivity index (χ4n) is 2.44. The molecular formula is C12H17N3O3. The van der Waals surface area contributed by atoms with Crippen molar-refractivity contribution < 1.29 is 9.90 Å². The Labute approximate surface area is 105 Å². The molecular weight excluding hydrogens is 234 g/mol. The van der Waals surface area contributed by atoms with Crippen molar-refractivity contribution in [1.29, 1.82) is 0 Å². The van der Waals surface area contributed by atoms with Crippen LogP contribution in [0.1, 0.15) is 20.3 Å². The van der Waals surface area contributed by atoms with Gasteiger partial charge in [0.1, 0.15) is 6.04 Å². The topological polar surface area (TPSA) is 75.4 Å². The average Bonchev–Trinajstić information content (AvgIpc) is 2.71. The van der Waals surface area contributed by atoms with Crippen LogP contribution >= 0.6 is 0 Å². The van der Waals surface area contributed by atoms with E-state index in [-0.39, 0.29) is 17.3 Å². The maximum atomic E-state index is 12.1. The molecule has 1 aliphatic rings. The Morgan fingerprint density at radius 2 is 2.33 bits per heavy atom. The van der Waals surface area contributed by atoms with Gasteiger partial charge in [-0.25, -0.2) is 9.78 Å². The molecule has 1 fully saturated rings. The van der Waals surface area contributed by atoms with E-state index < -0.39 is 12.0 Å². The van der Waals surface area contributed by atoms with Crippen molar-refractivity contribution in [3.8, 4) is 0 Å². The number of aryl methyl sites for hydroxylation is 1. The monoisotopic (exact) mass is 251 g/mol. The van der Waals surface area contributed by atoms with Gasteiger partial charge in [0, 0.05) is 25.5 Å². The highest BCUT2D eigenvalue weighted by Gasteiger charge is 2.38. The van der Waals surface area contributed by atoms with Gasteiger partial charge in [-0.05, 0) is 19.3 Å². The fraction of sp³-hybridized carbons (Fsp3) is 0.583. The number of hydrogen-bond acceptors (Lipinski definition) is 4. The van der Waals surface area contributed by atoms with Crippen molar-refractivity contribution in [3.63, 3.8) is 0 Å². The Morgan fingerprint density at radius 1 is 1.61 bits per heavy atom. The number of hydrogen-bond donors (Lipinski definition) is 1. The molecule has 18 heavy (non-hydrogen) atoms. The molecule has 0 aromatic carbocycles. The van der Waals surface area contributed by atoms with E-state index in [0.717, 1.165) is 6.42 Å². The van der Waals surface area contributed by atoms with Crippen LogP contribution in [-0.2, 0) is 11.3 Å². The lowest BCUT2D eigenvalue weighted by atomic mass is 10.0. The van der Waals surface area contributed by atoms with Crippen molar-refractivity contribution in [2.24, 2.45) is 5.92 Å². The van der Waals surface area contributed by atoms with Gasteiger partial charge in [0.2, 0.25) is 0 Å². The van der Waals surface area contributed by atoms with Crippen LogP contribution in [-0.4, -0.2) is 33.2 Å². The van der Waals surface area contributed by atoms with Gasteiger partial charge >= 0.3 is 5.97 Å². The Hall–Kier alpha value is -1.85. The van der Waals surface area contributed by atoms with Crippen LogP contribution in [0.4, 0.5) is 5.82 Å². The van der Waals surface area contributed by atoms with E-state index in [1.807, 2.05) is 13.8 Å². The van der Waals surface area contributed by atoms with Crippen LogP contribution in [0.5, 0.6) is 0 Å². The Kier molecular flexibility index (Phi) is 3.36. The quantitative estimate of drug-likeness (QED) is 0.849. The molecule has 6 heteroatoms. The summed E-state index contributed by atoms with van der Waals surface area (Å²) in [5.74, 6) is -0.622. The first-order valence-corrected chi connectivity index (χ1v) is 6.11. The molecule has 6 nitrogen and oxygen atoms in total. The highest BCUT2D eigenvalue weighted by Crippen LogP contribution is 2.26. The number of nitrogens with zero attached hydrogens (tertiary/aromatic N) is 3. The largest absolute Gasteiger partial charge is 0.480 e. The molecule has 2 rings (SSSR count). The fourth-order valence-corrected chi connectivity index (χ4v) is 2.44. The van der Waals surface area contributed by atoms with Crippen molar-refractivity contribution in [2.45, 2.75) is 32.9 Å². The molecule has 1 N–H and O–H groups in total. The zero-order valence-electron chi connectivity index (χ0n) is 10.5. The minimum Gasteiger partial charge on any atom is -0.480 e. The summed E-state index contributed by atoms with van der Waals surface area (Å²) in [4.78, 5) is 29.1. The van der Waals surface area contributed by atoms with Gasteiger partial charge in [-0.2, -0.15) is 0 Å². The number of carboxylic acid groups (broad SMARTS) is 1. The Morgan fingerprint density at radius 3 is 2.94 bits per heavy atom. The molecule has 98 valence electrons. The van der Waals surface area contributed by atoms with E-state index in [9.17, 15) is 14.7 Å². The van der Waals surface area contributed by atoms with Crippen molar-refractivity contribution in [1.82, 2.24) is 9.55 Å². The number of aliphatic carboxylic acids is 1. The van der Waals surface area contributed by atoms with Crippen LogP contribution in [0.25, 0.3) is 0 Å². The van der Waals surface area contributed by atoms with Crippen LogP contribution in [0, 0.1) is 5.92 Å². The summed E-state index contributed by atoms with van der Waals surface area (Å²) in [6.45, 7) is 4.87. The first-order chi connectivity index (χ1) is 8.56. The molecule has 1 saturated heterocycles. The molecule has 1 aromatic heterocycles. The first-order valence-electron chi connectivity index (χ1n) is 6.11. The third kappa shape index (κ3) is 1.98. The number of carboxylic acids is 1. The van der Waals surface area contributed by atoms with Crippen LogP contribution in [0.3, 0.4) is 0 Å². The normalized spacial score (nSPS) is 23.3. The first kappa shape index (κ1) is 12.6. The summed E-state index contributed by atoms with van der Waals surface area (Å²) in [6.07, 6.45) is 3.92. The van der Waals surface area contributed by atoms with E-state index in [1.54, 1.807) is 17.3 Å². The molecule has 2 atom stereocenters. The average molecular weight is 251 g/mol. The summed E-state index contributed by atoms with van der Waals surface area (Å²) in [5, 5.41) is 9.25. The lowest BCUT2D eigenvalue weighted by molar-refractivity contribution is -0.139. The van der Waals surface area contributed by atoms with Gasteiger partial charge in [-0.15, -0.1) is 0 Å². The molecule has 0 bridgehead atoms. The van der Waals surface area contributed by atoms with Crippen LogP contribution in [0.15, 0.2) is 17.2 Å². The van der Waals surface area contributed by atoms with Crippen LogP contribution in [0.2, 0.25) is 0 Å².